The van der Waals surface area contributed by atoms with E-state index in [2.05, 4.69) is 11.4 Å². The summed E-state index contributed by atoms with van der Waals surface area (Å²) in [5, 5.41) is 13.8. The van der Waals surface area contributed by atoms with Gasteiger partial charge in [0.25, 0.3) is 5.56 Å². The first-order chi connectivity index (χ1) is 23.0. The van der Waals surface area contributed by atoms with E-state index in [1.54, 1.807) is 83.5 Å². The first-order valence-electron chi connectivity index (χ1n) is 16.3. The molecule has 1 amide bonds. The van der Waals surface area contributed by atoms with Gasteiger partial charge < -0.3 is 33.6 Å². The van der Waals surface area contributed by atoms with Crippen LogP contribution in [0.25, 0.3) is 21.8 Å². The fourth-order valence-corrected chi connectivity index (χ4v) is 6.34. The van der Waals surface area contributed by atoms with E-state index in [0.29, 0.717) is 59.2 Å². The number of benzene rings is 2. The Labute approximate surface area is 285 Å². The highest BCUT2D eigenvalue weighted by molar-refractivity contribution is 6.19. The van der Waals surface area contributed by atoms with E-state index in [1.807, 2.05) is 17.0 Å². The second-order valence-corrected chi connectivity index (χ2v) is 14.3. The van der Waals surface area contributed by atoms with Crippen LogP contribution >= 0.6 is 0 Å². The summed E-state index contributed by atoms with van der Waals surface area (Å²) < 4.78 is 19.8. The molecule has 0 aliphatic carbocycles. The van der Waals surface area contributed by atoms with E-state index < -0.39 is 29.2 Å². The standard InChI is InChI=1S/C37H43N5O7/c1-36(2,3)48-34(45)29-28-26-18-22(33(44)47-8)15-16-27(26)40(7)32(43)30(28)42(20-24-13-10-9-12-23(24)19-38)31(29)41-17-11-14-25(21-41)39-35(46)49-37(4,5)6/h9-10,12-13,15-16,18,25H,11,14,17,20-21H2,1-8H3,(H,39,46)/t25-/m1/s1. The van der Waals surface area contributed by atoms with Crippen molar-refractivity contribution in [3.8, 4) is 6.07 Å². The highest BCUT2D eigenvalue weighted by atomic mass is 16.6. The summed E-state index contributed by atoms with van der Waals surface area (Å²) in [5.41, 5.74) is 0.225. The van der Waals surface area contributed by atoms with E-state index in [1.165, 1.54) is 11.7 Å². The van der Waals surface area contributed by atoms with Gasteiger partial charge >= 0.3 is 18.0 Å². The van der Waals surface area contributed by atoms with Crippen LogP contribution in [-0.2, 0) is 27.8 Å². The minimum atomic E-state index is -0.883. The van der Waals surface area contributed by atoms with Crippen molar-refractivity contribution in [3.05, 3.63) is 75.1 Å². The lowest BCUT2D eigenvalue weighted by Gasteiger charge is -2.36. The highest BCUT2D eigenvalue weighted by Crippen LogP contribution is 2.39. The molecule has 1 aliphatic rings. The van der Waals surface area contributed by atoms with E-state index in [0.717, 1.165) is 0 Å². The number of hydrogen-bond donors (Lipinski definition) is 1. The number of esters is 2. The minimum Gasteiger partial charge on any atom is -0.465 e. The van der Waals surface area contributed by atoms with Crippen molar-refractivity contribution in [1.82, 2.24) is 14.5 Å². The molecule has 1 N–H and O–H groups in total. The number of rotatable bonds is 6. The first-order valence-corrected chi connectivity index (χ1v) is 16.3. The lowest BCUT2D eigenvalue weighted by Crippen LogP contribution is -2.49. The molecule has 0 radical (unpaired) electrons. The quantitative estimate of drug-likeness (QED) is 0.203. The van der Waals surface area contributed by atoms with Crippen LogP contribution in [0.1, 0.15) is 86.2 Å². The van der Waals surface area contributed by atoms with Gasteiger partial charge in [-0.2, -0.15) is 5.26 Å². The Morgan fingerprint density at radius 3 is 2.35 bits per heavy atom. The van der Waals surface area contributed by atoms with Crippen molar-refractivity contribution in [2.45, 2.75) is 78.2 Å². The van der Waals surface area contributed by atoms with Crippen molar-refractivity contribution >= 4 is 45.7 Å². The summed E-state index contributed by atoms with van der Waals surface area (Å²) in [6.07, 6.45) is 0.781. The van der Waals surface area contributed by atoms with Crippen LogP contribution in [0.5, 0.6) is 0 Å². The molecule has 49 heavy (non-hydrogen) atoms. The lowest BCUT2D eigenvalue weighted by molar-refractivity contribution is 0.00716. The predicted octanol–water partition coefficient (Wildman–Crippen LogP) is 5.65. The zero-order chi connectivity index (χ0) is 35.8. The normalized spacial score (nSPS) is 15.2. The molecule has 4 aromatic rings. The Hall–Kier alpha value is -5.31. The monoisotopic (exact) mass is 669 g/mol. The number of pyridine rings is 1. The van der Waals surface area contributed by atoms with E-state index in [9.17, 15) is 24.4 Å². The van der Waals surface area contributed by atoms with Crippen molar-refractivity contribution in [2.75, 3.05) is 25.1 Å². The number of aryl methyl sites for hydroxylation is 1. The van der Waals surface area contributed by atoms with Gasteiger partial charge in [0.2, 0.25) is 0 Å². The number of nitrogens with zero attached hydrogens (tertiary/aromatic N) is 4. The molecule has 12 heteroatoms. The summed E-state index contributed by atoms with van der Waals surface area (Å²) in [4.78, 5) is 56.4. The molecule has 0 spiro atoms. The number of hydrogen-bond acceptors (Lipinski definition) is 9. The van der Waals surface area contributed by atoms with Gasteiger partial charge in [0.1, 0.15) is 28.1 Å². The predicted molar refractivity (Wildman–Crippen MR) is 186 cm³/mol. The molecule has 2 aromatic carbocycles. The van der Waals surface area contributed by atoms with Crippen molar-refractivity contribution < 1.29 is 28.6 Å². The number of nitriles is 1. The molecule has 258 valence electrons. The first kappa shape index (κ1) is 35.0. The number of piperidine rings is 1. The van der Waals surface area contributed by atoms with Gasteiger partial charge in [-0.15, -0.1) is 0 Å². The maximum Gasteiger partial charge on any atom is 0.407 e. The summed E-state index contributed by atoms with van der Waals surface area (Å²) in [5.74, 6) is -0.807. The van der Waals surface area contributed by atoms with Crippen molar-refractivity contribution in [2.24, 2.45) is 7.05 Å². The molecule has 3 heterocycles. The number of alkyl carbamates (subject to hydrolysis) is 1. The summed E-state index contributed by atoms with van der Waals surface area (Å²) >= 11 is 0. The Morgan fingerprint density at radius 1 is 1.00 bits per heavy atom. The van der Waals surface area contributed by atoms with Gasteiger partial charge in [0, 0.05) is 37.0 Å². The average Bonchev–Trinajstić information content (AvgIpc) is 3.36. The molecule has 0 unspecified atom stereocenters. The molecular formula is C37H43N5O7. The molecular weight excluding hydrogens is 626 g/mol. The molecule has 1 aliphatic heterocycles. The number of anilines is 1. The fourth-order valence-electron chi connectivity index (χ4n) is 6.34. The Balaban J connectivity index is 1.85. The summed E-state index contributed by atoms with van der Waals surface area (Å²) in [7, 11) is 2.92. The Bertz CT molecular complexity index is 2060. The zero-order valence-corrected chi connectivity index (χ0v) is 29.3. The van der Waals surface area contributed by atoms with Gasteiger partial charge in [-0.1, -0.05) is 18.2 Å². The number of methoxy groups -OCH3 is 1. The smallest absolute Gasteiger partial charge is 0.407 e. The molecule has 0 saturated carbocycles. The van der Waals surface area contributed by atoms with Crippen LogP contribution in [-0.4, -0.2) is 64.6 Å². The molecule has 12 nitrogen and oxygen atoms in total. The van der Waals surface area contributed by atoms with E-state index in [-0.39, 0.29) is 34.8 Å². The average molecular weight is 670 g/mol. The Morgan fingerprint density at radius 2 is 1.69 bits per heavy atom. The third-order valence-corrected chi connectivity index (χ3v) is 8.30. The second kappa shape index (κ2) is 13.3. The number of amides is 1. The number of carbonyl (C=O) groups is 3. The van der Waals surface area contributed by atoms with Gasteiger partial charge in [-0.25, -0.2) is 14.4 Å². The van der Waals surface area contributed by atoms with E-state index >= 15 is 0 Å². The van der Waals surface area contributed by atoms with Gasteiger partial charge in [0.15, 0.2) is 0 Å². The summed E-state index contributed by atoms with van der Waals surface area (Å²) in [6.45, 7) is 11.6. The number of ether oxygens (including phenoxy) is 3. The van der Waals surface area contributed by atoms with Crippen LogP contribution in [0.3, 0.4) is 0 Å². The summed E-state index contributed by atoms with van der Waals surface area (Å²) in [6, 6.07) is 13.8. The highest BCUT2D eigenvalue weighted by Gasteiger charge is 2.36. The van der Waals surface area contributed by atoms with Crippen LogP contribution in [0, 0.1) is 11.3 Å². The third-order valence-electron chi connectivity index (χ3n) is 8.30. The van der Waals surface area contributed by atoms with Crippen LogP contribution < -0.4 is 15.8 Å². The topological polar surface area (TPSA) is 145 Å². The minimum absolute atomic E-state index is 0.0798. The SMILES string of the molecule is COC(=O)c1ccc2c(c1)c1c(C(=O)OC(C)(C)C)c(N3CCC[C@@H](NC(=O)OC(C)(C)C)C3)n(Cc3ccccc3C#N)c1c(=O)n2C. The number of aromatic nitrogens is 2. The van der Waals surface area contributed by atoms with Gasteiger partial charge in [-0.05, 0) is 84.2 Å². The van der Waals surface area contributed by atoms with Crippen LogP contribution in [0.15, 0.2) is 47.3 Å². The lowest BCUT2D eigenvalue weighted by atomic mass is 10.0. The van der Waals surface area contributed by atoms with E-state index in [4.69, 9.17) is 14.2 Å². The maximum absolute atomic E-state index is 14.5. The number of fused-ring (bicyclic) bond motifs is 3. The largest absolute Gasteiger partial charge is 0.465 e. The van der Waals surface area contributed by atoms with Crippen LogP contribution in [0.2, 0.25) is 0 Å². The van der Waals surface area contributed by atoms with Crippen molar-refractivity contribution in [3.63, 3.8) is 0 Å². The van der Waals surface area contributed by atoms with Gasteiger partial charge in [-0.3, -0.25) is 4.79 Å². The zero-order valence-electron chi connectivity index (χ0n) is 29.3. The fraction of sp³-hybridized carbons (Fsp3) is 0.432. The molecule has 2 aromatic heterocycles. The number of carbonyl (C=O) groups excluding carboxylic acids is 3. The molecule has 1 fully saturated rings. The van der Waals surface area contributed by atoms with Crippen LogP contribution in [0.4, 0.5) is 10.6 Å². The second-order valence-electron chi connectivity index (χ2n) is 14.3. The van der Waals surface area contributed by atoms with Crippen molar-refractivity contribution in [1.29, 1.82) is 5.26 Å². The molecule has 1 saturated heterocycles. The molecule has 0 bridgehead atoms. The Kier molecular flexibility index (Phi) is 9.50. The molecule has 1 atom stereocenters. The number of nitrogens with one attached hydrogen (secondary N) is 1. The van der Waals surface area contributed by atoms with Gasteiger partial charge in [0.05, 0.1) is 36.4 Å². The molecule has 5 rings (SSSR count). The maximum atomic E-state index is 14.5. The third kappa shape index (κ3) is 7.26.